The van der Waals surface area contributed by atoms with Crippen LogP contribution in [0.3, 0.4) is 0 Å². The Labute approximate surface area is 113 Å². The Kier molecular flexibility index (Phi) is 3.13. The number of hydrogen-bond acceptors (Lipinski definition) is 2. The van der Waals surface area contributed by atoms with Gasteiger partial charge in [-0.25, -0.2) is 0 Å². The topological polar surface area (TPSA) is 12.0 Å². The van der Waals surface area contributed by atoms with Gasteiger partial charge in [0, 0.05) is 10.6 Å². The molecule has 1 saturated carbocycles. The molecule has 94 valence electrons. The van der Waals surface area contributed by atoms with Crippen molar-refractivity contribution in [1.82, 2.24) is 0 Å². The van der Waals surface area contributed by atoms with Crippen LogP contribution in [0.25, 0.3) is 0 Å². The minimum absolute atomic E-state index is 0.505. The van der Waals surface area contributed by atoms with E-state index in [1.54, 1.807) is 0 Å². The first-order chi connectivity index (χ1) is 8.75. The van der Waals surface area contributed by atoms with Crippen LogP contribution in [-0.2, 0) is 0 Å². The van der Waals surface area contributed by atoms with Crippen LogP contribution in [0.15, 0.2) is 35.7 Å². The van der Waals surface area contributed by atoms with Crippen molar-refractivity contribution in [1.29, 1.82) is 0 Å². The molecule has 1 aromatic carbocycles. The van der Waals surface area contributed by atoms with E-state index in [0.29, 0.717) is 6.04 Å². The maximum absolute atomic E-state index is 3.76. The third-order valence-electron chi connectivity index (χ3n) is 3.86. The highest BCUT2D eigenvalue weighted by molar-refractivity contribution is 7.10. The van der Waals surface area contributed by atoms with E-state index in [4.69, 9.17) is 0 Å². The minimum atomic E-state index is 0.505. The summed E-state index contributed by atoms with van der Waals surface area (Å²) in [5.74, 6) is 0.823. The van der Waals surface area contributed by atoms with Crippen molar-refractivity contribution in [3.63, 3.8) is 0 Å². The average molecular weight is 257 g/mol. The van der Waals surface area contributed by atoms with E-state index >= 15 is 0 Å². The first kappa shape index (κ1) is 11.8. The third-order valence-corrected chi connectivity index (χ3v) is 4.81. The molecule has 18 heavy (non-hydrogen) atoms. The zero-order chi connectivity index (χ0) is 12.5. The van der Waals surface area contributed by atoms with Crippen molar-refractivity contribution in [2.45, 2.75) is 32.7 Å². The minimum Gasteiger partial charge on any atom is -0.377 e. The Bertz CT molecular complexity index is 526. The third kappa shape index (κ3) is 2.30. The second-order valence-electron chi connectivity index (χ2n) is 5.22. The number of hydrogen-bond donors (Lipinski definition) is 1. The van der Waals surface area contributed by atoms with Gasteiger partial charge in [0.15, 0.2) is 0 Å². The Morgan fingerprint density at radius 2 is 2.00 bits per heavy atom. The molecule has 0 amide bonds. The molecular weight excluding hydrogens is 238 g/mol. The molecule has 1 aromatic heterocycles. The quantitative estimate of drug-likeness (QED) is 0.819. The zero-order valence-electron chi connectivity index (χ0n) is 10.9. The summed E-state index contributed by atoms with van der Waals surface area (Å²) >= 11 is 1.87. The van der Waals surface area contributed by atoms with Gasteiger partial charge in [-0.05, 0) is 61.2 Å². The van der Waals surface area contributed by atoms with Crippen LogP contribution in [0.1, 0.15) is 34.9 Å². The molecule has 1 nitrogen and oxygen atoms in total. The Morgan fingerprint density at radius 3 is 2.67 bits per heavy atom. The lowest BCUT2D eigenvalue weighted by Crippen LogP contribution is -2.12. The maximum atomic E-state index is 3.76. The summed E-state index contributed by atoms with van der Waals surface area (Å²) < 4.78 is 0. The summed E-state index contributed by atoms with van der Waals surface area (Å²) in [5, 5.41) is 5.94. The second kappa shape index (κ2) is 4.77. The normalized spacial score (nSPS) is 16.6. The molecule has 2 aromatic rings. The van der Waals surface area contributed by atoms with E-state index in [2.05, 4.69) is 54.9 Å². The van der Waals surface area contributed by atoms with Gasteiger partial charge in [0.2, 0.25) is 0 Å². The van der Waals surface area contributed by atoms with Gasteiger partial charge in [0.05, 0.1) is 6.04 Å². The molecule has 0 bridgehead atoms. The Hall–Kier alpha value is -1.28. The Morgan fingerprint density at radius 1 is 1.17 bits per heavy atom. The molecule has 1 N–H and O–H groups in total. The summed E-state index contributed by atoms with van der Waals surface area (Å²) in [5.41, 5.74) is 4.03. The molecule has 2 heteroatoms. The van der Waals surface area contributed by atoms with Crippen LogP contribution in [0, 0.1) is 19.8 Å². The van der Waals surface area contributed by atoms with Crippen LogP contribution >= 0.6 is 11.3 Å². The monoisotopic (exact) mass is 257 g/mol. The second-order valence-corrected chi connectivity index (χ2v) is 6.20. The first-order valence-electron chi connectivity index (χ1n) is 6.62. The van der Waals surface area contributed by atoms with Crippen molar-refractivity contribution in [2.75, 3.05) is 5.32 Å². The molecule has 0 aliphatic heterocycles. The van der Waals surface area contributed by atoms with Crippen LogP contribution < -0.4 is 5.32 Å². The van der Waals surface area contributed by atoms with Crippen molar-refractivity contribution >= 4 is 17.0 Å². The van der Waals surface area contributed by atoms with Gasteiger partial charge < -0.3 is 5.32 Å². The van der Waals surface area contributed by atoms with Gasteiger partial charge in [-0.2, -0.15) is 0 Å². The van der Waals surface area contributed by atoms with E-state index < -0.39 is 0 Å². The molecule has 1 heterocycles. The lowest BCUT2D eigenvalue weighted by molar-refractivity contribution is 0.690. The molecule has 1 atom stereocenters. The zero-order valence-corrected chi connectivity index (χ0v) is 11.8. The maximum Gasteiger partial charge on any atom is 0.0634 e. The van der Waals surface area contributed by atoms with E-state index in [-0.39, 0.29) is 0 Å². The highest BCUT2D eigenvalue weighted by Crippen LogP contribution is 2.44. The lowest BCUT2D eigenvalue weighted by Gasteiger charge is -2.20. The number of anilines is 1. The predicted octanol–water partition coefficient (Wildman–Crippen LogP) is 4.93. The first-order valence-corrected chi connectivity index (χ1v) is 7.50. The number of aryl methyl sites for hydroxylation is 1. The number of nitrogens with one attached hydrogen (secondary N) is 1. The van der Waals surface area contributed by atoms with Crippen molar-refractivity contribution < 1.29 is 0 Å². The van der Waals surface area contributed by atoms with Crippen LogP contribution in [0.2, 0.25) is 0 Å². The highest BCUT2D eigenvalue weighted by Gasteiger charge is 2.33. The molecule has 1 aliphatic carbocycles. The highest BCUT2D eigenvalue weighted by atomic mass is 32.1. The summed E-state index contributed by atoms with van der Waals surface area (Å²) in [6.07, 6.45) is 2.72. The van der Waals surface area contributed by atoms with Gasteiger partial charge in [-0.1, -0.05) is 18.2 Å². The summed E-state index contributed by atoms with van der Waals surface area (Å²) in [6.45, 7) is 4.38. The molecule has 1 fully saturated rings. The van der Waals surface area contributed by atoms with E-state index in [1.807, 2.05) is 11.3 Å². The van der Waals surface area contributed by atoms with Crippen molar-refractivity contribution in [2.24, 2.45) is 5.92 Å². The SMILES string of the molecule is Cc1cccc(NC(c2cccs2)C2CC2)c1C. The fourth-order valence-electron chi connectivity index (χ4n) is 2.39. The van der Waals surface area contributed by atoms with Crippen LogP contribution in [-0.4, -0.2) is 0 Å². The van der Waals surface area contributed by atoms with Gasteiger partial charge in [-0.15, -0.1) is 11.3 Å². The van der Waals surface area contributed by atoms with Crippen LogP contribution in [0.5, 0.6) is 0 Å². The Balaban J connectivity index is 1.87. The summed E-state index contributed by atoms with van der Waals surface area (Å²) in [6, 6.07) is 11.4. The largest absolute Gasteiger partial charge is 0.377 e. The number of rotatable bonds is 4. The predicted molar refractivity (Wildman–Crippen MR) is 79.3 cm³/mol. The van der Waals surface area contributed by atoms with Gasteiger partial charge in [0.1, 0.15) is 0 Å². The molecule has 1 unspecified atom stereocenters. The van der Waals surface area contributed by atoms with Gasteiger partial charge >= 0.3 is 0 Å². The smallest absolute Gasteiger partial charge is 0.0634 e. The van der Waals surface area contributed by atoms with Gasteiger partial charge in [-0.3, -0.25) is 0 Å². The average Bonchev–Trinajstić information content (AvgIpc) is 3.06. The molecule has 0 saturated heterocycles. The standard InChI is InChI=1S/C16H19NS/c1-11-5-3-6-14(12(11)2)17-16(13-8-9-13)15-7-4-10-18-15/h3-7,10,13,16-17H,8-9H2,1-2H3. The van der Waals surface area contributed by atoms with Crippen molar-refractivity contribution in [3.05, 3.63) is 51.7 Å². The molecule has 1 aliphatic rings. The number of benzene rings is 1. The summed E-state index contributed by atoms with van der Waals surface area (Å²) in [4.78, 5) is 1.47. The fraction of sp³-hybridized carbons (Fsp3) is 0.375. The van der Waals surface area contributed by atoms with Crippen LogP contribution in [0.4, 0.5) is 5.69 Å². The van der Waals surface area contributed by atoms with Crippen molar-refractivity contribution in [3.8, 4) is 0 Å². The fourth-order valence-corrected chi connectivity index (χ4v) is 3.26. The van der Waals surface area contributed by atoms with E-state index in [0.717, 1.165) is 5.92 Å². The van der Waals surface area contributed by atoms with E-state index in [1.165, 1.54) is 34.5 Å². The number of thiophene rings is 1. The van der Waals surface area contributed by atoms with E-state index in [9.17, 15) is 0 Å². The summed E-state index contributed by atoms with van der Waals surface area (Å²) in [7, 11) is 0. The van der Waals surface area contributed by atoms with Gasteiger partial charge in [0.25, 0.3) is 0 Å². The molecule has 0 radical (unpaired) electrons. The molecule has 0 spiro atoms. The molecular formula is C16H19NS. The molecule has 3 rings (SSSR count). The lowest BCUT2D eigenvalue weighted by atomic mass is 10.1.